The molecule has 0 spiro atoms. The van der Waals surface area contributed by atoms with E-state index < -0.39 is 0 Å². The topological polar surface area (TPSA) is 0 Å². The van der Waals surface area contributed by atoms with Gasteiger partial charge in [-0.15, -0.1) is 0 Å². The highest BCUT2D eigenvalue weighted by atomic mass is 14.2. The number of benzene rings is 1. The highest BCUT2D eigenvalue weighted by Crippen LogP contribution is 2.27. The van der Waals surface area contributed by atoms with E-state index >= 15 is 0 Å². The van der Waals surface area contributed by atoms with E-state index in [0.29, 0.717) is 0 Å². The van der Waals surface area contributed by atoms with Crippen LogP contribution in [-0.4, -0.2) is 0 Å². The third kappa shape index (κ3) is 8.33. The molecule has 1 aromatic rings. The van der Waals surface area contributed by atoms with Crippen LogP contribution in [0.25, 0.3) is 0 Å². The Kier molecular flexibility index (Phi) is 11.1. The number of hydrogen-bond donors (Lipinski definition) is 0. The van der Waals surface area contributed by atoms with Crippen molar-refractivity contribution >= 4 is 0 Å². The molecule has 0 aliphatic heterocycles. The summed E-state index contributed by atoms with van der Waals surface area (Å²) in [5.74, 6) is 2.04. The average molecular weight is 252 g/mol. The SMILES string of the molecule is C.C.CC1CCC(C)CC1.Cc1ccc(C)cc1.[HH]. The van der Waals surface area contributed by atoms with Crippen molar-refractivity contribution < 1.29 is 1.43 Å². The summed E-state index contributed by atoms with van der Waals surface area (Å²) in [6.45, 7) is 8.93. The molecule has 0 heterocycles. The van der Waals surface area contributed by atoms with Crippen LogP contribution in [0.1, 0.15) is 66.9 Å². The average Bonchev–Trinajstić information content (AvgIpc) is 2.28. The first-order chi connectivity index (χ1) is 7.58. The molecule has 0 aromatic heterocycles. The van der Waals surface area contributed by atoms with Gasteiger partial charge in [0.15, 0.2) is 0 Å². The number of rotatable bonds is 0. The van der Waals surface area contributed by atoms with Gasteiger partial charge in [0.25, 0.3) is 0 Å². The van der Waals surface area contributed by atoms with E-state index in [1.54, 1.807) is 0 Å². The van der Waals surface area contributed by atoms with E-state index in [2.05, 4.69) is 52.0 Å². The van der Waals surface area contributed by atoms with Crippen molar-refractivity contribution in [2.45, 2.75) is 68.2 Å². The zero-order valence-electron chi connectivity index (χ0n) is 11.3. The van der Waals surface area contributed by atoms with Gasteiger partial charge in [-0.2, -0.15) is 0 Å². The quantitative estimate of drug-likeness (QED) is 0.484. The molecule has 1 aliphatic rings. The van der Waals surface area contributed by atoms with Crippen LogP contribution in [0.2, 0.25) is 0 Å². The number of hydrogen-bond acceptors (Lipinski definition) is 0. The summed E-state index contributed by atoms with van der Waals surface area (Å²) < 4.78 is 0. The van der Waals surface area contributed by atoms with Crippen LogP contribution < -0.4 is 0 Å². The highest BCUT2D eigenvalue weighted by Gasteiger charge is 2.13. The van der Waals surface area contributed by atoms with E-state index in [4.69, 9.17) is 0 Å². The summed E-state index contributed by atoms with van der Waals surface area (Å²) in [6.07, 6.45) is 5.89. The lowest BCUT2D eigenvalue weighted by atomic mass is 9.84. The first-order valence-electron chi connectivity index (χ1n) is 6.61. The molecular weight excluding hydrogens is 216 g/mol. The maximum Gasteiger partial charge on any atom is 0 e. The second-order valence-corrected chi connectivity index (χ2v) is 5.52. The van der Waals surface area contributed by atoms with Crippen molar-refractivity contribution in [3.05, 3.63) is 35.4 Å². The van der Waals surface area contributed by atoms with Gasteiger partial charge in [-0.05, 0) is 25.7 Å². The third-order valence-electron chi connectivity index (χ3n) is 3.52. The van der Waals surface area contributed by atoms with Gasteiger partial charge in [0.2, 0.25) is 0 Å². The fourth-order valence-electron chi connectivity index (χ4n) is 2.06. The lowest BCUT2D eigenvalue weighted by Crippen LogP contribution is -2.08. The van der Waals surface area contributed by atoms with Crippen LogP contribution in [0.3, 0.4) is 0 Å². The monoisotopic (exact) mass is 252 g/mol. The molecule has 1 aromatic carbocycles. The van der Waals surface area contributed by atoms with Gasteiger partial charge >= 0.3 is 0 Å². The Hall–Kier alpha value is -0.780. The van der Waals surface area contributed by atoms with Crippen molar-refractivity contribution in [1.82, 2.24) is 0 Å². The first-order valence-corrected chi connectivity index (χ1v) is 6.61. The lowest BCUT2D eigenvalue weighted by molar-refractivity contribution is 0.308. The standard InChI is InChI=1S/C8H16.C8H10.2CH4.H2/c2*1-7-3-5-8(2)6-4-7;;;/h7-8H,3-6H2,1-2H3;3-6H,1-2H3;2*1H4;1H. The molecule has 0 saturated heterocycles. The molecule has 1 aliphatic carbocycles. The Balaban J connectivity index is -0.000000233. The van der Waals surface area contributed by atoms with Crippen molar-refractivity contribution in [1.29, 1.82) is 0 Å². The van der Waals surface area contributed by atoms with Crippen molar-refractivity contribution in [3.63, 3.8) is 0 Å². The van der Waals surface area contributed by atoms with Gasteiger partial charge in [-0.1, -0.05) is 89.8 Å². The van der Waals surface area contributed by atoms with E-state index in [1.165, 1.54) is 36.8 Å². The molecular formula is C18H36. The van der Waals surface area contributed by atoms with Crippen LogP contribution in [0.5, 0.6) is 0 Å². The minimum Gasteiger partial charge on any atom is -0.0776 e. The van der Waals surface area contributed by atoms with E-state index in [1.807, 2.05) is 0 Å². The Labute approximate surface area is 117 Å². The van der Waals surface area contributed by atoms with Crippen LogP contribution in [0.15, 0.2) is 24.3 Å². The summed E-state index contributed by atoms with van der Waals surface area (Å²) in [5.41, 5.74) is 2.66. The molecule has 0 nitrogen and oxygen atoms in total. The Morgan fingerprint density at radius 1 is 0.722 bits per heavy atom. The Bertz CT molecular complexity index is 250. The second kappa shape index (κ2) is 10.2. The van der Waals surface area contributed by atoms with Gasteiger partial charge in [0.05, 0.1) is 0 Å². The van der Waals surface area contributed by atoms with Crippen LogP contribution in [0, 0.1) is 25.7 Å². The van der Waals surface area contributed by atoms with Crippen molar-refractivity contribution in [3.8, 4) is 0 Å². The minimum absolute atomic E-state index is 0. The fraction of sp³-hybridized carbons (Fsp3) is 0.667. The van der Waals surface area contributed by atoms with E-state index in [0.717, 1.165) is 11.8 Å². The van der Waals surface area contributed by atoms with E-state index in [9.17, 15) is 0 Å². The molecule has 0 heteroatoms. The predicted molar refractivity (Wildman–Crippen MR) is 88.3 cm³/mol. The summed E-state index contributed by atoms with van der Waals surface area (Å²) in [6, 6.07) is 8.48. The van der Waals surface area contributed by atoms with Crippen LogP contribution in [0.4, 0.5) is 0 Å². The molecule has 0 radical (unpaired) electrons. The molecule has 0 atom stereocenters. The third-order valence-corrected chi connectivity index (χ3v) is 3.52. The maximum absolute atomic E-state index is 2.37. The zero-order chi connectivity index (χ0) is 12.0. The van der Waals surface area contributed by atoms with Crippen molar-refractivity contribution in [2.24, 2.45) is 11.8 Å². The zero-order valence-corrected chi connectivity index (χ0v) is 11.3. The molecule has 0 unspecified atom stereocenters. The summed E-state index contributed by atoms with van der Waals surface area (Å²) >= 11 is 0. The molecule has 0 N–H and O–H groups in total. The predicted octanol–water partition coefficient (Wildman–Crippen LogP) is 6.65. The Morgan fingerprint density at radius 3 is 1.17 bits per heavy atom. The maximum atomic E-state index is 2.37. The molecule has 108 valence electrons. The van der Waals surface area contributed by atoms with Crippen LogP contribution >= 0.6 is 0 Å². The fourth-order valence-corrected chi connectivity index (χ4v) is 2.06. The highest BCUT2D eigenvalue weighted by molar-refractivity contribution is 5.19. The van der Waals surface area contributed by atoms with Gasteiger partial charge < -0.3 is 0 Å². The Morgan fingerprint density at radius 2 is 0.944 bits per heavy atom. The molecule has 0 bridgehead atoms. The van der Waals surface area contributed by atoms with Gasteiger partial charge in [-0.25, -0.2) is 0 Å². The first kappa shape index (κ1) is 19.6. The van der Waals surface area contributed by atoms with Gasteiger partial charge in [0, 0.05) is 1.43 Å². The van der Waals surface area contributed by atoms with Gasteiger partial charge in [-0.3, -0.25) is 0 Å². The number of aryl methyl sites for hydroxylation is 2. The molecule has 1 saturated carbocycles. The molecule has 0 amide bonds. The van der Waals surface area contributed by atoms with Crippen molar-refractivity contribution in [2.75, 3.05) is 0 Å². The summed E-state index contributed by atoms with van der Waals surface area (Å²) in [4.78, 5) is 0. The minimum atomic E-state index is 0. The summed E-state index contributed by atoms with van der Waals surface area (Å²) in [5, 5.41) is 0. The molecule has 1 fully saturated rings. The van der Waals surface area contributed by atoms with E-state index in [-0.39, 0.29) is 16.3 Å². The summed E-state index contributed by atoms with van der Waals surface area (Å²) in [7, 11) is 0. The van der Waals surface area contributed by atoms with Gasteiger partial charge in [0.1, 0.15) is 0 Å². The largest absolute Gasteiger partial charge is 0.0776 e. The normalized spacial score (nSPS) is 21.8. The molecule has 18 heavy (non-hydrogen) atoms. The lowest BCUT2D eigenvalue weighted by Gasteiger charge is -2.22. The smallest absolute Gasteiger partial charge is 0 e. The molecule has 2 rings (SSSR count). The second-order valence-electron chi connectivity index (χ2n) is 5.52. The van der Waals surface area contributed by atoms with Crippen LogP contribution in [-0.2, 0) is 0 Å².